The minimum Gasteiger partial charge on any atom is -0.326 e. The van der Waals surface area contributed by atoms with E-state index >= 15 is 0 Å². The number of anilines is 1. The second-order valence-corrected chi connectivity index (χ2v) is 7.34. The number of hydrogen-bond acceptors (Lipinski definition) is 5. The summed E-state index contributed by atoms with van der Waals surface area (Å²) in [6.45, 7) is 1.70. The van der Waals surface area contributed by atoms with Crippen LogP contribution in [0.2, 0.25) is 0 Å². The largest absolute Gasteiger partial charge is 0.326 e. The number of nitrogens with one attached hydrogen (secondary N) is 2. The van der Waals surface area contributed by atoms with Crippen LogP contribution in [0.4, 0.5) is 11.4 Å². The van der Waals surface area contributed by atoms with Crippen LogP contribution in [0.3, 0.4) is 0 Å². The van der Waals surface area contributed by atoms with Crippen LogP contribution < -0.4 is 10.7 Å². The van der Waals surface area contributed by atoms with Crippen LogP contribution in [0.5, 0.6) is 0 Å². The van der Waals surface area contributed by atoms with Crippen molar-refractivity contribution in [3.05, 3.63) is 69.8 Å². The second kappa shape index (κ2) is 9.78. The molecule has 30 heavy (non-hydrogen) atoms. The topological polar surface area (TPSA) is 114 Å². The Morgan fingerprint density at radius 3 is 2.17 bits per heavy atom. The lowest BCUT2D eigenvalue weighted by Gasteiger charge is -2.20. The number of nitro groups is 1. The molecule has 0 heterocycles. The van der Waals surface area contributed by atoms with Gasteiger partial charge in [-0.05, 0) is 61.7 Å². The molecule has 1 aliphatic rings. The Bertz CT molecular complexity index is 946. The molecule has 2 N–H and O–H groups in total. The van der Waals surface area contributed by atoms with Crippen LogP contribution in [-0.4, -0.2) is 22.4 Å². The summed E-state index contributed by atoms with van der Waals surface area (Å²) >= 11 is 0. The predicted molar refractivity (Wildman–Crippen MR) is 114 cm³/mol. The summed E-state index contributed by atoms with van der Waals surface area (Å²) in [5.41, 5.74) is 4.73. The summed E-state index contributed by atoms with van der Waals surface area (Å²) in [5.74, 6) is -0.282. The third kappa shape index (κ3) is 5.50. The maximum atomic E-state index is 12.3. The van der Waals surface area contributed by atoms with Gasteiger partial charge in [0.2, 0.25) is 5.91 Å². The average molecular weight is 408 g/mol. The van der Waals surface area contributed by atoms with Crippen molar-refractivity contribution >= 4 is 28.9 Å². The quantitative estimate of drug-likeness (QED) is 0.422. The van der Waals surface area contributed by atoms with Crippen molar-refractivity contribution in [2.24, 2.45) is 11.0 Å². The molecule has 0 radical (unpaired) electrons. The van der Waals surface area contributed by atoms with Gasteiger partial charge in [-0.2, -0.15) is 5.10 Å². The maximum Gasteiger partial charge on any atom is 0.271 e. The lowest BCUT2D eigenvalue weighted by molar-refractivity contribution is -0.384. The van der Waals surface area contributed by atoms with Crippen molar-refractivity contribution in [1.82, 2.24) is 5.43 Å². The molecule has 0 atom stereocenters. The van der Waals surface area contributed by atoms with Crippen molar-refractivity contribution in [2.45, 2.75) is 39.0 Å². The van der Waals surface area contributed by atoms with Crippen LogP contribution in [0, 0.1) is 16.0 Å². The van der Waals surface area contributed by atoms with Gasteiger partial charge in [0.05, 0.1) is 10.6 Å². The molecule has 1 fully saturated rings. The Morgan fingerprint density at radius 1 is 0.967 bits per heavy atom. The van der Waals surface area contributed by atoms with E-state index in [9.17, 15) is 19.7 Å². The molecule has 2 aromatic carbocycles. The Morgan fingerprint density at radius 2 is 1.57 bits per heavy atom. The molecule has 0 spiro atoms. The molecule has 0 bridgehead atoms. The summed E-state index contributed by atoms with van der Waals surface area (Å²) in [4.78, 5) is 34.9. The minimum atomic E-state index is -0.473. The van der Waals surface area contributed by atoms with E-state index in [1.54, 1.807) is 43.3 Å². The maximum absolute atomic E-state index is 12.3. The van der Waals surface area contributed by atoms with E-state index in [1.807, 2.05) is 0 Å². The molecule has 0 saturated heterocycles. The predicted octanol–water partition coefficient (Wildman–Crippen LogP) is 4.27. The van der Waals surface area contributed by atoms with Crippen molar-refractivity contribution in [2.75, 3.05) is 5.32 Å². The highest BCUT2D eigenvalue weighted by molar-refractivity contribution is 6.01. The lowest BCUT2D eigenvalue weighted by Crippen LogP contribution is -2.24. The van der Waals surface area contributed by atoms with Gasteiger partial charge in [0.15, 0.2) is 0 Å². The molecule has 8 nitrogen and oxygen atoms in total. The van der Waals surface area contributed by atoms with Gasteiger partial charge in [-0.1, -0.05) is 19.3 Å². The summed E-state index contributed by atoms with van der Waals surface area (Å²) in [6.07, 6.45) is 5.24. The first-order chi connectivity index (χ1) is 14.4. The van der Waals surface area contributed by atoms with E-state index in [0.29, 0.717) is 22.5 Å². The van der Waals surface area contributed by atoms with E-state index in [2.05, 4.69) is 15.8 Å². The number of carbonyl (C=O) groups excluding carboxylic acids is 2. The molecule has 156 valence electrons. The van der Waals surface area contributed by atoms with E-state index in [0.717, 1.165) is 25.7 Å². The van der Waals surface area contributed by atoms with Gasteiger partial charge in [-0.15, -0.1) is 0 Å². The summed E-state index contributed by atoms with van der Waals surface area (Å²) in [7, 11) is 0. The smallest absolute Gasteiger partial charge is 0.271 e. The molecule has 2 amide bonds. The van der Waals surface area contributed by atoms with Crippen molar-refractivity contribution in [1.29, 1.82) is 0 Å². The van der Waals surface area contributed by atoms with E-state index in [4.69, 9.17) is 0 Å². The normalized spacial score (nSPS) is 14.8. The fourth-order valence-corrected chi connectivity index (χ4v) is 3.40. The SMILES string of the molecule is C/C(=N\NC(=O)c1ccc(NC(=O)C2CCCCC2)cc1)c1ccc([N+](=O)[O-])cc1. The second-order valence-electron chi connectivity index (χ2n) is 7.34. The monoisotopic (exact) mass is 408 g/mol. The van der Waals surface area contributed by atoms with E-state index in [-0.39, 0.29) is 23.4 Å². The number of benzene rings is 2. The van der Waals surface area contributed by atoms with Crippen LogP contribution in [0.1, 0.15) is 54.9 Å². The number of nitro benzene ring substituents is 1. The lowest BCUT2D eigenvalue weighted by atomic mass is 9.88. The number of hydrazone groups is 1. The van der Waals surface area contributed by atoms with Crippen molar-refractivity contribution in [3.63, 3.8) is 0 Å². The first-order valence-corrected chi connectivity index (χ1v) is 9.94. The Balaban J connectivity index is 1.56. The molecule has 3 rings (SSSR count). The highest BCUT2D eigenvalue weighted by atomic mass is 16.6. The number of rotatable bonds is 6. The molecule has 2 aromatic rings. The van der Waals surface area contributed by atoms with Crippen LogP contribution in [0.25, 0.3) is 0 Å². The zero-order chi connectivity index (χ0) is 21.5. The Labute approximate surface area is 174 Å². The summed E-state index contributed by atoms with van der Waals surface area (Å²) in [6, 6.07) is 12.6. The van der Waals surface area contributed by atoms with Crippen molar-refractivity contribution < 1.29 is 14.5 Å². The molecular formula is C22H24N4O4. The summed E-state index contributed by atoms with van der Waals surface area (Å²) < 4.78 is 0. The van der Waals surface area contributed by atoms with Gasteiger partial charge in [0.1, 0.15) is 0 Å². The zero-order valence-electron chi connectivity index (χ0n) is 16.8. The average Bonchev–Trinajstić information content (AvgIpc) is 2.78. The standard InChI is InChI=1S/C22H24N4O4/c1-15(16-9-13-20(14-10-16)26(29)30)24-25-22(28)18-7-11-19(12-8-18)23-21(27)17-5-3-2-4-6-17/h7-14,17H,2-6H2,1H3,(H,23,27)(H,25,28)/b24-15+. The summed E-state index contributed by atoms with van der Waals surface area (Å²) in [5, 5.41) is 17.7. The van der Waals surface area contributed by atoms with Crippen LogP contribution in [0.15, 0.2) is 53.6 Å². The number of carbonyl (C=O) groups is 2. The van der Waals surface area contributed by atoms with Crippen LogP contribution >= 0.6 is 0 Å². The first kappa shape index (κ1) is 21.2. The minimum absolute atomic E-state index is 0.00810. The van der Waals surface area contributed by atoms with Gasteiger partial charge >= 0.3 is 0 Å². The molecule has 0 unspecified atom stereocenters. The van der Waals surface area contributed by atoms with Gasteiger partial charge in [0.25, 0.3) is 11.6 Å². The van der Waals surface area contributed by atoms with Crippen molar-refractivity contribution in [3.8, 4) is 0 Å². The molecule has 8 heteroatoms. The highest BCUT2D eigenvalue weighted by Gasteiger charge is 2.21. The first-order valence-electron chi connectivity index (χ1n) is 9.94. The Hall–Kier alpha value is -3.55. The number of nitrogens with zero attached hydrogens (tertiary/aromatic N) is 2. The van der Waals surface area contributed by atoms with Crippen LogP contribution in [-0.2, 0) is 4.79 Å². The number of amides is 2. The highest BCUT2D eigenvalue weighted by Crippen LogP contribution is 2.25. The van der Waals surface area contributed by atoms with E-state index in [1.165, 1.54) is 18.6 Å². The van der Waals surface area contributed by atoms with Gasteiger partial charge in [0, 0.05) is 29.3 Å². The zero-order valence-corrected chi connectivity index (χ0v) is 16.8. The number of hydrogen-bond donors (Lipinski definition) is 2. The van der Waals surface area contributed by atoms with Gasteiger partial charge < -0.3 is 5.32 Å². The van der Waals surface area contributed by atoms with Gasteiger partial charge in [-0.3, -0.25) is 19.7 Å². The molecule has 1 saturated carbocycles. The fraction of sp³-hybridized carbons (Fsp3) is 0.318. The third-order valence-corrected chi connectivity index (χ3v) is 5.21. The van der Waals surface area contributed by atoms with Gasteiger partial charge in [-0.25, -0.2) is 5.43 Å². The van der Waals surface area contributed by atoms with E-state index < -0.39 is 4.92 Å². The molecule has 1 aliphatic carbocycles. The molecular weight excluding hydrogens is 384 g/mol. The number of non-ortho nitro benzene ring substituents is 1. The molecule has 0 aromatic heterocycles. The molecule has 0 aliphatic heterocycles. The Kier molecular flexibility index (Phi) is 6.90. The third-order valence-electron chi connectivity index (χ3n) is 5.21. The fourth-order valence-electron chi connectivity index (χ4n) is 3.40.